The van der Waals surface area contributed by atoms with Gasteiger partial charge in [-0.3, -0.25) is 4.79 Å². The van der Waals surface area contributed by atoms with Gasteiger partial charge >= 0.3 is 0 Å². The molecule has 0 fully saturated rings. The van der Waals surface area contributed by atoms with E-state index in [0.29, 0.717) is 0 Å². The van der Waals surface area contributed by atoms with Gasteiger partial charge in [0.2, 0.25) is 5.91 Å². The number of nitrogens with one attached hydrogen (secondary N) is 1. The maximum atomic E-state index is 11.7. The number of rotatable bonds is 5. The highest BCUT2D eigenvalue weighted by Gasteiger charge is 2.13. The van der Waals surface area contributed by atoms with E-state index in [0.717, 1.165) is 11.4 Å². The molecule has 0 aromatic heterocycles. The molecule has 0 aliphatic rings. The third kappa shape index (κ3) is 5.00. The fraction of sp³-hybridized carbons (Fsp3) is 0.462. The number of hydrogen-bond acceptors (Lipinski definition) is 2. The molecule has 0 aliphatic carbocycles. The SMILES string of the molecule is CS[C@@H](C)C(=O)N[C@@H](C)Cc1ccc(Cl)cc1. The zero-order chi connectivity index (χ0) is 12.8. The normalized spacial score (nSPS) is 14.1. The van der Waals surface area contributed by atoms with Crippen LogP contribution in [0.5, 0.6) is 0 Å². The summed E-state index contributed by atoms with van der Waals surface area (Å²) >= 11 is 7.37. The first-order valence-corrected chi connectivity index (χ1v) is 7.27. The average molecular weight is 272 g/mol. The number of hydrogen-bond donors (Lipinski definition) is 1. The maximum absolute atomic E-state index is 11.7. The first-order valence-electron chi connectivity index (χ1n) is 5.60. The van der Waals surface area contributed by atoms with E-state index < -0.39 is 0 Å². The van der Waals surface area contributed by atoms with Gasteiger partial charge in [0.05, 0.1) is 5.25 Å². The summed E-state index contributed by atoms with van der Waals surface area (Å²) in [6, 6.07) is 7.86. The molecule has 1 amide bonds. The van der Waals surface area contributed by atoms with Crippen molar-refractivity contribution in [1.29, 1.82) is 0 Å². The fourth-order valence-corrected chi connectivity index (χ4v) is 1.90. The standard InChI is InChI=1S/C13H18ClNOS/c1-9(15-13(16)10(2)17-3)8-11-4-6-12(14)7-5-11/h4-7,9-10H,8H2,1-3H3,(H,15,16)/t9-,10-/m0/s1. The predicted octanol–water partition coefficient (Wildman–Crippen LogP) is 3.14. The molecule has 2 nitrogen and oxygen atoms in total. The minimum absolute atomic E-state index is 0.00247. The summed E-state index contributed by atoms with van der Waals surface area (Å²) in [5.41, 5.74) is 1.18. The average Bonchev–Trinajstić information content (AvgIpc) is 2.30. The van der Waals surface area contributed by atoms with Gasteiger partial charge in [0.25, 0.3) is 0 Å². The minimum Gasteiger partial charge on any atom is -0.352 e. The number of carbonyl (C=O) groups is 1. The topological polar surface area (TPSA) is 29.1 Å². The van der Waals surface area contributed by atoms with E-state index in [1.807, 2.05) is 44.4 Å². The summed E-state index contributed by atoms with van der Waals surface area (Å²) in [4.78, 5) is 11.7. The van der Waals surface area contributed by atoms with Gasteiger partial charge in [-0.25, -0.2) is 0 Å². The van der Waals surface area contributed by atoms with E-state index in [9.17, 15) is 4.79 Å². The summed E-state index contributed by atoms with van der Waals surface area (Å²) in [6.07, 6.45) is 2.76. The Bertz CT molecular complexity index is 366. The zero-order valence-electron chi connectivity index (χ0n) is 10.4. The molecule has 4 heteroatoms. The van der Waals surface area contributed by atoms with E-state index in [4.69, 9.17) is 11.6 Å². The van der Waals surface area contributed by atoms with E-state index in [1.54, 1.807) is 11.8 Å². The number of carbonyl (C=O) groups excluding carboxylic acids is 1. The molecule has 17 heavy (non-hydrogen) atoms. The van der Waals surface area contributed by atoms with E-state index in [-0.39, 0.29) is 17.2 Å². The number of halogens is 1. The van der Waals surface area contributed by atoms with Gasteiger partial charge in [-0.15, -0.1) is 0 Å². The van der Waals surface area contributed by atoms with Gasteiger partial charge < -0.3 is 5.32 Å². The molecule has 0 saturated heterocycles. The Labute approximate surface area is 112 Å². The van der Waals surface area contributed by atoms with Crippen molar-refractivity contribution in [2.45, 2.75) is 31.6 Å². The van der Waals surface area contributed by atoms with E-state index >= 15 is 0 Å². The number of benzene rings is 1. The van der Waals surface area contributed by atoms with Crippen molar-refractivity contribution in [2.75, 3.05) is 6.26 Å². The van der Waals surface area contributed by atoms with Gasteiger partial charge in [-0.05, 0) is 44.2 Å². The summed E-state index contributed by atoms with van der Waals surface area (Å²) in [7, 11) is 0. The zero-order valence-corrected chi connectivity index (χ0v) is 11.9. The second kappa shape index (κ2) is 6.92. The van der Waals surface area contributed by atoms with Crippen LogP contribution in [-0.2, 0) is 11.2 Å². The first kappa shape index (κ1) is 14.4. The fourth-order valence-electron chi connectivity index (χ4n) is 1.49. The molecule has 1 aromatic rings. The van der Waals surface area contributed by atoms with Crippen LogP contribution in [0.3, 0.4) is 0 Å². The molecule has 0 spiro atoms. The molecule has 1 aromatic carbocycles. The van der Waals surface area contributed by atoms with Crippen LogP contribution in [0.25, 0.3) is 0 Å². The number of thioether (sulfide) groups is 1. The second-order valence-corrected chi connectivity index (χ2v) is 5.73. The summed E-state index contributed by atoms with van der Waals surface area (Å²) < 4.78 is 0. The minimum atomic E-state index is 0.00247. The lowest BCUT2D eigenvalue weighted by atomic mass is 10.1. The highest BCUT2D eigenvalue weighted by molar-refractivity contribution is 7.99. The molecular formula is C13H18ClNOS. The quantitative estimate of drug-likeness (QED) is 0.891. The van der Waals surface area contributed by atoms with Gasteiger partial charge in [-0.1, -0.05) is 23.7 Å². The van der Waals surface area contributed by atoms with E-state index in [1.165, 1.54) is 5.56 Å². The predicted molar refractivity (Wildman–Crippen MR) is 75.7 cm³/mol. The van der Waals surface area contributed by atoms with Crippen LogP contribution in [0, 0.1) is 0 Å². The number of amides is 1. The van der Waals surface area contributed by atoms with Crippen LogP contribution >= 0.6 is 23.4 Å². The molecule has 1 rings (SSSR count). The molecule has 0 unspecified atom stereocenters. The molecule has 0 saturated carbocycles. The molecule has 2 atom stereocenters. The summed E-state index contributed by atoms with van der Waals surface area (Å²) in [5, 5.41) is 3.74. The van der Waals surface area contributed by atoms with Crippen molar-refractivity contribution in [3.63, 3.8) is 0 Å². The Morgan fingerprint density at radius 2 is 1.94 bits per heavy atom. The molecule has 0 bridgehead atoms. The molecule has 0 aliphatic heterocycles. The van der Waals surface area contributed by atoms with Gasteiger partial charge in [-0.2, -0.15) is 11.8 Å². The molecule has 1 N–H and O–H groups in total. The monoisotopic (exact) mass is 271 g/mol. The smallest absolute Gasteiger partial charge is 0.233 e. The summed E-state index contributed by atoms with van der Waals surface area (Å²) in [5.74, 6) is 0.0963. The van der Waals surface area contributed by atoms with Crippen molar-refractivity contribution < 1.29 is 4.79 Å². The Morgan fingerprint density at radius 1 is 1.35 bits per heavy atom. The lowest BCUT2D eigenvalue weighted by Gasteiger charge is -2.16. The molecule has 0 radical (unpaired) electrons. The Balaban J connectivity index is 2.47. The largest absolute Gasteiger partial charge is 0.352 e. The molecule has 94 valence electrons. The van der Waals surface area contributed by atoms with Gasteiger partial charge in [0, 0.05) is 11.1 Å². The highest BCUT2D eigenvalue weighted by Crippen LogP contribution is 2.11. The lowest BCUT2D eigenvalue weighted by molar-refractivity contribution is -0.120. The van der Waals surface area contributed by atoms with Crippen LogP contribution in [-0.4, -0.2) is 23.5 Å². The van der Waals surface area contributed by atoms with Crippen LogP contribution < -0.4 is 5.32 Å². The molecular weight excluding hydrogens is 254 g/mol. The van der Waals surface area contributed by atoms with Crippen LogP contribution in [0.1, 0.15) is 19.4 Å². The van der Waals surface area contributed by atoms with E-state index in [2.05, 4.69) is 5.32 Å². The van der Waals surface area contributed by atoms with Crippen molar-refractivity contribution in [1.82, 2.24) is 5.32 Å². The van der Waals surface area contributed by atoms with Crippen molar-refractivity contribution in [3.05, 3.63) is 34.9 Å². The van der Waals surface area contributed by atoms with Crippen molar-refractivity contribution >= 4 is 29.3 Å². The van der Waals surface area contributed by atoms with Crippen molar-refractivity contribution in [3.8, 4) is 0 Å². The Morgan fingerprint density at radius 3 is 2.47 bits per heavy atom. The van der Waals surface area contributed by atoms with Crippen LogP contribution in [0.4, 0.5) is 0 Å². The van der Waals surface area contributed by atoms with Crippen LogP contribution in [0.15, 0.2) is 24.3 Å². The Hall–Kier alpha value is -0.670. The third-order valence-electron chi connectivity index (χ3n) is 2.57. The van der Waals surface area contributed by atoms with Gasteiger partial charge in [0.15, 0.2) is 0 Å². The lowest BCUT2D eigenvalue weighted by Crippen LogP contribution is -2.38. The molecule has 0 heterocycles. The summed E-state index contributed by atoms with van der Waals surface area (Å²) in [6.45, 7) is 3.93. The first-order chi connectivity index (χ1) is 8.02. The van der Waals surface area contributed by atoms with Gasteiger partial charge in [0.1, 0.15) is 0 Å². The second-order valence-electron chi connectivity index (χ2n) is 4.12. The van der Waals surface area contributed by atoms with Crippen molar-refractivity contribution in [2.24, 2.45) is 0 Å². The van der Waals surface area contributed by atoms with Crippen LogP contribution in [0.2, 0.25) is 5.02 Å². The maximum Gasteiger partial charge on any atom is 0.233 e. The third-order valence-corrected chi connectivity index (χ3v) is 3.74. The highest BCUT2D eigenvalue weighted by atomic mass is 35.5. The Kier molecular flexibility index (Phi) is 5.86.